The average molecular weight is 261 g/mol. The molecule has 0 aliphatic heterocycles. The maximum Gasteiger partial charge on any atom is 0 e. The molecule has 0 fully saturated rings. The molecule has 0 N–H and O–H groups in total. The molecule has 52 valence electrons. The smallest absolute Gasteiger partial charge is 0 e. The van der Waals surface area contributed by atoms with Gasteiger partial charge in [-0.1, -0.05) is 6.92 Å². The van der Waals surface area contributed by atoms with Crippen LogP contribution >= 0.6 is 33.0 Å². The molecule has 0 saturated carbocycles. The van der Waals surface area contributed by atoms with Gasteiger partial charge in [-0.25, -0.2) is 14.3 Å². The van der Waals surface area contributed by atoms with Crippen LogP contribution in [0.3, 0.4) is 0 Å². The second-order valence-electron chi connectivity index (χ2n) is 1.28. The van der Waals surface area contributed by atoms with E-state index >= 15 is 0 Å². The van der Waals surface area contributed by atoms with Crippen LogP contribution in [0.15, 0.2) is 17.9 Å². The van der Waals surface area contributed by atoms with Gasteiger partial charge in [-0.2, -0.15) is 11.9 Å². The molecule has 0 spiro atoms. The third-order valence-corrected chi connectivity index (χ3v) is 1.58. The van der Waals surface area contributed by atoms with Crippen molar-refractivity contribution in [3.05, 3.63) is 23.2 Å². The summed E-state index contributed by atoms with van der Waals surface area (Å²) in [5.74, 6) is 2.13. The van der Waals surface area contributed by atoms with Gasteiger partial charge in [0.1, 0.15) is 0 Å². The summed E-state index contributed by atoms with van der Waals surface area (Å²) in [7, 11) is 1.37. The molecule has 9 heavy (non-hydrogen) atoms. The fourth-order valence-corrected chi connectivity index (χ4v) is 0.965. The van der Waals surface area contributed by atoms with Gasteiger partial charge in [0.05, 0.1) is 0 Å². The fraction of sp³-hybridized carbons (Fsp3) is 0.200. The largest absolute Gasteiger partial charge is 0.224 e. The molecule has 0 aliphatic carbocycles. The van der Waals surface area contributed by atoms with E-state index < -0.39 is 0 Å². The number of hydrogen-bond donors (Lipinski definition) is 0. The van der Waals surface area contributed by atoms with Crippen LogP contribution in [0.1, 0.15) is 5.30 Å². The zero-order valence-electron chi connectivity index (χ0n) is 5.00. The topological polar surface area (TPSA) is 0 Å². The summed E-state index contributed by atoms with van der Waals surface area (Å²) in [5.41, 5.74) is 0. The molecule has 1 aromatic heterocycles. The summed E-state index contributed by atoms with van der Waals surface area (Å²) in [6.07, 6.45) is 0. The van der Waals surface area contributed by atoms with E-state index in [2.05, 4.69) is 24.9 Å². The fourth-order valence-electron chi connectivity index (χ4n) is 0.386. The minimum absolute atomic E-state index is 0. The predicted octanol–water partition coefficient (Wildman–Crippen LogP) is 3.14. The Bertz CT molecular complexity index is 119. The van der Waals surface area contributed by atoms with E-state index in [0.29, 0.717) is 0 Å². The molecule has 0 saturated heterocycles. The average Bonchev–Trinajstić information content (AvgIpc) is 1.86. The van der Waals surface area contributed by atoms with Crippen LogP contribution < -0.4 is 0 Å². The predicted molar refractivity (Wildman–Crippen MR) is 43.8 cm³/mol. The van der Waals surface area contributed by atoms with Crippen LogP contribution in [0.4, 0.5) is 0 Å². The second-order valence-corrected chi connectivity index (χ2v) is 2.54. The van der Waals surface area contributed by atoms with Gasteiger partial charge < -0.3 is 0 Å². The van der Waals surface area contributed by atoms with E-state index in [-0.39, 0.29) is 51.0 Å². The molecule has 0 atom stereocenters. The first-order valence-corrected chi connectivity index (χ1v) is 2.90. The zero-order valence-corrected chi connectivity index (χ0v) is 9.98. The first-order valence-electron chi connectivity index (χ1n) is 1.94. The van der Waals surface area contributed by atoms with Crippen molar-refractivity contribution in [2.24, 2.45) is 0 Å². The summed E-state index contributed by atoms with van der Waals surface area (Å²) in [4.78, 5) is 0. The van der Waals surface area contributed by atoms with Gasteiger partial charge in [-0.15, -0.1) is 30.1 Å². The first kappa shape index (κ1) is 16.7. The van der Waals surface area contributed by atoms with E-state index in [1.54, 1.807) is 0 Å². The van der Waals surface area contributed by atoms with Crippen LogP contribution in [0, 0.1) is 6.92 Å². The third-order valence-electron chi connectivity index (χ3n) is 0.702. The Labute approximate surface area is 88.8 Å². The molecule has 4 heteroatoms. The van der Waals surface area contributed by atoms with Gasteiger partial charge in [-0.3, -0.25) is 0 Å². The number of rotatable bonds is 0. The van der Waals surface area contributed by atoms with Gasteiger partial charge in [0.25, 0.3) is 0 Å². The third kappa shape index (κ3) is 7.14. The molecule has 1 heterocycles. The summed E-state index contributed by atoms with van der Waals surface area (Å²) in [6.45, 7) is 2.13. The van der Waals surface area contributed by atoms with Crippen LogP contribution in [0.5, 0.6) is 0 Å². The van der Waals surface area contributed by atoms with Crippen molar-refractivity contribution in [2.45, 2.75) is 6.92 Å². The Morgan fingerprint density at radius 1 is 1.33 bits per heavy atom. The molecule has 0 amide bonds. The Kier molecular flexibility index (Phi) is 17.1. The van der Waals surface area contributed by atoms with Crippen molar-refractivity contribution in [1.29, 1.82) is 0 Å². The Balaban J connectivity index is -0.000000120. The van der Waals surface area contributed by atoms with Crippen molar-refractivity contribution < 1.29 is 26.2 Å². The Morgan fingerprint density at radius 2 is 1.89 bits per heavy atom. The summed E-state index contributed by atoms with van der Waals surface area (Å²) in [6, 6.07) is 4.21. The molecule has 0 radical (unpaired) electrons. The van der Waals surface area contributed by atoms with Gasteiger partial charge in [0.15, 0.2) is 0 Å². The van der Waals surface area contributed by atoms with Gasteiger partial charge >= 0.3 is 0 Å². The quantitative estimate of drug-likeness (QED) is 0.629. The van der Waals surface area contributed by atoms with E-state index in [9.17, 15) is 0 Å². The van der Waals surface area contributed by atoms with E-state index in [1.807, 2.05) is 0 Å². The van der Waals surface area contributed by atoms with Crippen molar-refractivity contribution in [2.75, 3.05) is 0 Å². The monoisotopic (exact) mass is 259 g/mol. The van der Waals surface area contributed by atoms with E-state index in [1.165, 1.54) is 13.5 Å². The standard InChI is InChI=1S/C5H6P.2ClH.Zr/c1-5-3-2-4-6-5;;;/h2-4H,1H3;2*1H;/q-1;;;. The summed E-state index contributed by atoms with van der Waals surface area (Å²) < 4.78 is 0. The summed E-state index contributed by atoms with van der Waals surface area (Å²) >= 11 is 0. The minimum Gasteiger partial charge on any atom is -0.224 e. The second kappa shape index (κ2) is 9.24. The van der Waals surface area contributed by atoms with Crippen molar-refractivity contribution in [3.8, 4) is 0 Å². The van der Waals surface area contributed by atoms with Crippen molar-refractivity contribution >= 4 is 33.0 Å². The molecule has 0 unspecified atom stereocenters. The molecule has 0 nitrogen and oxygen atoms in total. The summed E-state index contributed by atoms with van der Waals surface area (Å²) in [5, 5.41) is 1.44. The van der Waals surface area contributed by atoms with E-state index in [4.69, 9.17) is 0 Å². The molecule has 0 aromatic carbocycles. The molecule has 1 rings (SSSR count). The molecule has 1 aromatic rings. The van der Waals surface area contributed by atoms with Crippen LogP contribution in [-0.4, -0.2) is 0 Å². The maximum atomic E-state index is 2.13. The molecular weight excluding hydrogens is 253 g/mol. The molecular formula is C5H8Cl2PZr-. The Hall–Kier alpha value is 1.24. The zero-order chi connectivity index (χ0) is 4.41. The number of aryl methyl sites for hydroxylation is 1. The van der Waals surface area contributed by atoms with Crippen LogP contribution in [-0.2, 0) is 26.2 Å². The molecule has 0 aliphatic rings. The van der Waals surface area contributed by atoms with Gasteiger partial charge in [0, 0.05) is 26.2 Å². The number of halogens is 2. The van der Waals surface area contributed by atoms with Crippen molar-refractivity contribution in [3.63, 3.8) is 0 Å². The van der Waals surface area contributed by atoms with Crippen molar-refractivity contribution in [1.82, 2.24) is 0 Å². The first-order chi connectivity index (χ1) is 2.89. The molecule has 0 bridgehead atoms. The Morgan fingerprint density at radius 3 is 2.00 bits per heavy atom. The number of hydrogen-bond acceptors (Lipinski definition) is 0. The van der Waals surface area contributed by atoms with Crippen LogP contribution in [0.2, 0.25) is 0 Å². The van der Waals surface area contributed by atoms with E-state index in [0.717, 1.165) is 0 Å². The van der Waals surface area contributed by atoms with Crippen LogP contribution in [0.25, 0.3) is 0 Å². The normalized spacial score (nSPS) is 6.78. The minimum atomic E-state index is 0. The maximum absolute atomic E-state index is 2.13. The van der Waals surface area contributed by atoms with Gasteiger partial charge in [0.2, 0.25) is 0 Å². The van der Waals surface area contributed by atoms with Gasteiger partial charge in [-0.05, 0) is 0 Å². The SMILES string of the molecule is C[c-]1cccp1.Cl.Cl.[Zr].